The molecule has 2 aromatic heterocycles. The number of carbonyl (C=O) groups is 1. The second-order valence-electron chi connectivity index (χ2n) is 5.98. The van der Waals surface area contributed by atoms with Crippen molar-refractivity contribution in [3.63, 3.8) is 0 Å². The molecule has 0 saturated heterocycles. The van der Waals surface area contributed by atoms with Gasteiger partial charge in [0.2, 0.25) is 0 Å². The maximum atomic E-state index is 11.7. The molecule has 3 heterocycles. The van der Waals surface area contributed by atoms with E-state index in [-0.39, 0.29) is 12.2 Å². The summed E-state index contributed by atoms with van der Waals surface area (Å²) < 4.78 is 1.40. The van der Waals surface area contributed by atoms with E-state index in [1.165, 1.54) is 4.57 Å². The second-order valence-corrected chi connectivity index (χ2v) is 6.98. The first-order chi connectivity index (χ1) is 12.1. The predicted octanol–water partition coefficient (Wildman–Crippen LogP) is 1.77. The third-order valence-electron chi connectivity index (χ3n) is 4.38. The van der Waals surface area contributed by atoms with E-state index < -0.39 is 12.0 Å². The number of nitrogens with zero attached hydrogens (tertiary/aromatic N) is 3. The fourth-order valence-corrected chi connectivity index (χ4v) is 4.00. The summed E-state index contributed by atoms with van der Waals surface area (Å²) in [4.78, 5) is 26.3. The Morgan fingerprint density at radius 1 is 1.32 bits per heavy atom. The number of nitrogens with one attached hydrogen (secondary N) is 1. The predicted molar refractivity (Wildman–Crippen MR) is 93.3 cm³/mol. The Morgan fingerprint density at radius 3 is 2.88 bits per heavy atom. The van der Waals surface area contributed by atoms with Crippen molar-refractivity contribution in [2.75, 3.05) is 0 Å². The fourth-order valence-electron chi connectivity index (χ4n) is 3.09. The zero-order valence-corrected chi connectivity index (χ0v) is 14.1. The van der Waals surface area contributed by atoms with Gasteiger partial charge in [0.15, 0.2) is 0 Å². The van der Waals surface area contributed by atoms with E-state index in [1.54, 1.807) is 11.3 Å². The largest absolute Gasteiger partial charge is 0.480 e. The van der Waals surface area contributed by atoms with Crippen molar-refractivity contribution in [1.29, 1.82) is 0 Å². The third-order valence-corrected chi connectivity index (χ3v) is 5.30. The summed E-state index contributed by atoms with van der Waals surface area (Å²) in [6.07, 6.45) is 0. The lowest BCUT2D eigenvalue weighted by atomic mass is 10.1. The number of rotatable bonds is 4. The van der Waals surface area contributed by atoms with Gasteiger partial charge >= 0.3 is 11.7 Å². The number of fused-ring (bicyclic) bond motifs is 1. The van der Waals surface area contributed by atoms with Crippen molar-refractivity contribution in [2.24, 2.45) is 0 Å². The minimum absolute atomic E-state index is 0.108. The summed E-state index contributed by atoms with van der Waals surface area (Å²) in [5.41, 5.74) is 1.91. The van der Waals surface area contributed by atoms with Crippen LogP contribution in [0.3, 0.4) is 0 Å². The maximum absolute atomic E-state index is 11.7. The van der Waals surface area contributed by atoms with Gasteiger partial charge in [0, 0.05) is 11.4 Å². The zero-order chi connectivity index (χ0) is 17.4. The molecule has 1 aliphatic heterocycles. The molecule has 25 heavy (non-hydrogen) atoms. The molecule has 0 bridgehead atoms. The fraction of sp³-hybridized carbons (Fsp3) is 0.235. The molecule has 128 valence electrons. The van der Waals surface area contributed by atoms with Gasteiger partial charge in [0.25, 0.3) is 0 Å². The van der Waals surface area contributed by atoms with E-state index in [0.29, 0.717) is 18.9 Å². The van der Waals surface area contributed by atoms with E-state index in [2.05, 4.69) is 33.8 Å². The van der Waals surface area contributed by atoms with Gasteiger partial charge in [-0.05, 0) is 22.6 Å². The number of hydrogen-bond donors (Lipinski definition) is 2. The Bertz CT molecular complexity index is 960. The monoisotopic (exact) mass is 356 g/mol. The minimum atomic E-state index is -0.932. The number of benzene rings is 1. The molecule has 0 saturated carbocycles. The topological polar surface area (TPSA) is 91.2 Å². The van der Waals surface area contributed by atoms with Crippen LogP contribution >= 0.6 is 11.3 Å². The van der Waals surface area contributed by atoms with Crippen LogP contribution in [0.1, 0.15) is 10.7 Å². The summed E-state index contributed by atoms with van der Waals surface area (Å²) in [5, 5.41) is 18.0. The van der Waals surface area contributed by atoms with Crippen molar-refractivity contribution in [1.82, 2.24) is 19.7 Å². The number of aliphatic carboxylic acids is 1. The Labute approximate surface area is 147 Å². The molecule has 0 amide bonds. The number of aromatic nitrogens is 3. The molecule has 7 nitrogen and oxygen atoms in total. The average Bonchev–Trinajstić information content (AvgIpc) is 3.22. The van der Waals surface area contributed by atoms with Crippen LogP contribution in [0.5, 0.6) is 0 Å². The van der Waals surface area contributed by atoms with Crippen LogP contribution in [-0.4, -0.2) is 36.8 Å². The highest BCUT2D eigenvalue weighted by atomic mass is 32.1. The molecule has 1 unspecified atom stereocenters. The van der Waals surface area contributed by atoms with Crippen LogP contribution in [0.4, 0.5) is 0 Å². The lowest BCUT2D eigenvalue weighted by molar-refractivity contribution is -0.145. The van der Waals surface area contributed by atoms with Gasteiger partial charge in [-0.2, -0.15) is 5.10 Å². The smallest absolute Gasteiger partial charge is 0.343 e. The van der Waals surface area contributed by atoms with E-state index in [4.69, 9.17) is 0 Å². The van der Waals surface area contributed by atoms with Gasteiger partial charge in [-0.15, -0.1) is 11.3 Å². The molecule has 1 aromatic carbocycles. The molecule has 0 aliphatic carbocycles. The summed E-state index contributed by atoms with van der Waals surface area (Å²) in [5.74, 6) is -0.360. The quantitative estimate of drug-likeness (QED) is 0.743. The number of thiophene rings is 1. The summed E-state index contributed by atoms with van der Waals surface area (Å²) in [6.45, 7) is 0.945. The SMILES string of the molecule is O=C(O)C1Cn2c(n[nH]c2=O)CN1Cc1cc(-c2ccccc2)cs1. The van der Waals surface area contributed by atoms with Crippen LogP contribution < -0.4 is 5.69 Å². The van der Waals surface area contributed by atoms with Crippen molar-refractivity contribution >= 4 is 17.3 Å². The molecule has 3 aromatic rings. The molecule has 1 aliphatic rings. The summed E-state index contributed by atoms with van der Waals surface area (Å²) in [7, 11) is 0. The van der Waals surface area contributed by atoms with Gasteiger partial charge in [0.05, 0.1) is 13.1 Å². The number of carboxylic acids is 1. The van der Waals surface area contributed by atoms with E-state index in [0.717, 1.165) is 16.0 Å². The number of H-pyrrole nitrogens is 1. The van der Waals surface area contributed by atoms with E-state index in [9.17, 15) is 14.7 Å². The highest BCUT2D eigenvalue weighted by Crippen LogP contribution is 2.28. The number of carboxylic acid groups (broad SMARTS) is 1. The van der Waals surface area contributed by atoms with E-state index in [1.807, 2.05) is 23.1 Å². The Balaban J connectivity index is 1.58. The second kappa shape index (κ2) is 6.30. The third kappa shape index (κ3) is 3.01. The van der Waals surface area contributed by atoms with Gasteiger partial charge in [0.1, 0.15) is 11.9 Å². The van der Waals surface area contributed by atoms with Gasteiger partial charge in [-0.3, -0.25) is 14.3 Å². The minimum Gasteiger partial charge on any atom is -0.480 e. The first kappa shape index (κ1) is 15.8. The normalized spacial score (nSPS) is 17.4. The lowest BCUT2D eigenvalue weighted by Gasteiger charge is -2.32. The average molecular weight is 356 g/mol. The van der Waals surface area contributed by atoms with Crippen molar-refractivity contribution < 1.29 is 9.90 Å². The van der Waals surface area contributed by atoms with Gasteiger partial charge in [-0.1, -0.05) is 30.3 Å². The molecule has 8 heteroatoms. The lowest BCUT2D eigenvalue weighted by Crippen LogP contribution is -2.48. The number of hydrogen-bond acceptors (Lipinski definition) is 5. The molecule has 1 atom stereocenters. The maximum Gasteiger partial charge on any atom is 0.343 e. The van der Waals surface area contributed by atoms with Gasteiger partial charge < -0.3 is 5.11 Å². The molecule has 4 rings (SSSR count). The first-order valence-electron chi connectivity index (χ1n) is 7.85. The van der Waals surface area contributed by atoms with Crippen molar-refractivity contribution in [3.8, 4) is 11.1 Å². The molecule has 2 N–H and O–H groups in total. The highest BCUT2D eigenvalue weighted by Gasteiger charge is 2.33. The van der Waals surface area contributed by atoms with E-state index >= 15 is 0 Å². The van der Waals surface area contributed by atoms with Crippen LogP contribution in [0.2, 0.25) is 0 Å². The first-order valence-corrected chi connectivity index (χ1v) is 8.73. The Morgan fingerprint density at radius 2 is 2.12 bits per heavy atom. The molecular weight excluding hydrogens is 340 g/mol. The highest BCUT2D eigenvalue weighted by molar-refractivity contribution is 7.10. The van der Waals surface area contributed by atoms with Crippen molar-refractivity contribution in [2.45, 2.75) is 25.7 Å². The van der Waals surface area contributed by atoms with Crippen LogP contribution in [0.15, 0.2) is 46.6 Å². The summed E-state index contributed by atoms with van der Waals surface area (Å²) >= 11 is 1.61. The molecule has 0 radical (unpaired) electrons. The zero-order valence-electron chi connectivity index (χ0n) is 13.3. The van der Waals surface area contributed by atoms with Crippen LogP contribution in [0, 0.1) is 0 Å². The van der Waals surface area contributed by atoms with Crippen LogP contribution in [0.25, 0.3) is 11.1 Å². The summed E-state index contributed by atoms with van der Waals surface area (Å²) in [6, 6.07) is 11.4. The van der Waals surface area contributed by atoms with Crippen molar-refractivity contribution in [3.05, 3.63) is 63.0 Å². The molecule has 0 fully saturated rings. The van der Waals surface area contributed by atoms with Gasteiger partial charge in [-0.25, -0.2) is 9.89 Å². The molecular formula is C17H16N4O3S. The standard InChI is InChI=1S/C17H16N4O3S/c22-16(23)14-8-21-15(18-19-17(21)24)9-20(14)7-13-6-12(10-25-13)11-4-2-1-3-5-11/h1-6,10,14H,7-9H2,(H,19,24)(H,22,23). The molecule has 0 spiro atoms. The Hall–Kier alpha value is -2.71. The Kier molecular flexibility index (Phi) is 3.98. The van der Waals surface area contributed by atoms with Crippen LogP contribution in [-0.2, 0) is 24.4 Å². The number of aromatic amines is 1.